The molecule has 0 N–H and O–H groups in total. The Bertz CT molecular complexity index is 2810. The first-order chi connectivity index (χ1) is 20.8. The third kappa shape index (κ3) is 2.53. The highest BCUT2D eigenvalue weighted by Gasteiger charge is 2.26. The maximum atomic E-state index is 8.10. The Morgan fingerprint density at radius 2 is 1.17 bits per heavy atom. The minimum Gasteiger partial charge on any atom is -0.358 e. The van der Waals surface area contributed by atoms with Crippen LogP contribution in [0.25, 0.3) is 92.4 Å². The van der Waals surface area contributed by atoms with Crippen LogP contribution in [0.3, 0.4) is 0 Å². The Balaban J connectivity index is 1.55. The standard InChI is InChI=1S/C37H19N5/c1-38-36-37(40-29-15-7-6-14-28(29)39-36)42-31-17-9-5-13-24(31)27-20-26-23-12-4-8-16-30(23)41-33-22-11-3-2-10-21(22)18-19-25(33)32(34(26)41)35(27)42/h2-20H. The second-order valence-electron chi connectivity index (χ2n) is 10.9. The lowest BCUT2D eigenvalue weighted by molar-refractivity contribution is 1.09. The summed E-state index contributed by atoms with van der Waals surface area (Å²) in [4.78, 5) is 13.8. The average Bonchev–Trinajstić information content (AvgIpc) is 3.68. The molecule has 0 aliphatic heterocycles. The smallest absolute Gasteiger partial charge is 0.313 e. The molecule has 0 saturated heterocycles. The van der Waals surface area contributed by atoms with Gasteiger partial charge in [-0.1, -0.05) is 91.5 Å². The molecule has 6 aromatic carbocycles. The van der Waals surface area contributed by atoms with Gasteiger partial charge in [-0.05, 0) is 35.7 Å². The van der Waals surface area contributed by atoms with Crippen molar-refractivity contribution in [2.75, 3.05) is 0 Å². The van der Waals surface area contributed by atoms with E-state index in [0.717, 1.165) is 32.8 Å². The van der Waals surface area contributed by atoms with E-state index >= 15 is 0 Å². The molecule has 0 atom stereocenters. The fraction of sp³-hybridized carbons (Fsp3) is 0. The molecule has 0 radical (unpaired) electrons. The Morgan fingerprint density at radius 1 is 0.524 bits per heavy atom. The van der Waals surface area contributed by atoms with E-state index < -0.39 is 0 Å². The lowest BCUT2D eigenvalue weighted by atomic mass is 10.0. The van der Waals surface area contributed by atoms with Gasteiger partial charge in [-0.3, -0.25) is 0 Å². The minimum atomic E-state index is 0.293. The molecule has 42 heavy (non-hydrogen) atoms. The van der Waals surface area contributed by atoms with Crippen LogP contribution in [0.4, 0.5) is 5.82 Å². The predicted octanol–water partition coefficient (Wildman–Crippen LogP) is 9.58. The van der Waals surface area contributed by atoms with E-state index in [-0.39, 0.29) is 0 Å². The van der Waals surface area contributed by atoms with Crippen LogP contribution < -0.4 is 0 Å². The summed E-state index contributed by atoms with van der Waals surface area (Å²) in [6.45, 7) is 8.10. The first-order valence-corrected chi connectivity index (χ1v) is 14.0. The Labute approximate surface area is 238 Å². The maximum Gasteiger partial charge on any atom is 0.313 e. The van der Waals surface area contributed by atoms with Crippen LogP contribution in [-0.4, -0.2) is 18.9 Å². The molecule has 192 valence electrons. The van der Waals surface area contributed by atoms with Gasteiger partial charge in [0.2, 0.25) is 0 Å². The molecule has 5 nitrogen and oxygen atoms in total. The number of benzene rings is 6. The van der Waals surface area contributed by atoms with Crippen molar-refractivity contribution < 1.29 is 0 Å². The van der Waals surface area contributed by atoms with E-state index in [1.165, 1.54) is 48.9 Å². The van der Waals surface area contributed by atoms with Gasteiger partial charge in [-0.15, -0.1) is 4.98 Å². The van der Waals surface area contributed by atoms with Crippen LogP contribution in [0, 0.1) is 6.57 Å². The van der Waals surface area contributed by atoms with Crippen LogP contribution in [-0.2, 0) is 0 Å². The van der Waals surface area contributed by atoms with E-state index in [0.29, 0.717) is 11.6 Å². The van der Waals surface area contributed by atoms with Crippen molar-refractivity contribution in [2.45, 2.75) is 0 Å². The van der Waals surface area contributed by atoms with E-state index in [4.69, 9.17) is 16.5 Å². The van der Waals surface area contributed by atoms with E-state index in [1.54, 1.807) is 0 Å². The molecule has 10 aromatic rings. The largest absolute Gasteiger partial charge is 0.358 e. The zero-order chi connectivity index (χ0) is 27.5. The molecule has 10 rings (SSSR count). The van der Waals surface area contributed by atoms with Crippen LogP contribution in [0.2, 0.25) is 0 Å². The van der Waals surface area contributed by atoms with Crippen molar-refractivity contribution in [3.63, 3.8) is 0 Å². The second-order valence-corrected chi connectivity index (χ2v) is 10.9. The molecule has 0 amide bonds. The van der Waals surface area contributed by atoms with Crippen molar-refractivity contribution in [3.05, 3.63) is 127 Å². The molecule has 5 heteroatoms. The molecule has 0 spiro atoms. The number of hydrogen-bond donors (Lipinski definition) is 0. The predicted molar refractivity (Wildman–Crippen MR) is 172 cm³/mol. The summed E-state index contributed by atoms with van der Waals surface area (Å²) in [6.07, 6.45) is 0. The molecule has 0 bridgehead atoms. The second kappa shape index (κ2) is 7.60. The molecular formula is C37H19N5. The monoisotopic (exact) mass is 533 g/mol. The van der Waals surface area contributed by atoms with Gasteiger partial charge in [-0.25, -0.2) is 4.98 Å². The van der Waals surface area contributed by atoms with E-state index in [2.05, 4.69) is 105 Å². The van der Waals surface area contributed by atoms with Gasteiger partial charge in [0, 0.05) is 37.7 Å². The third-order valence-electron chi connectivity index (χ3n) is 8.84. The van der Waals surface area contributed by atoms with Crippen LogP contribution in [0.1, 0.15) is 0 Å². The van der Waals surface area contributed by atoms with Gasteiger partial charge >= 0.3 is 5.82 Å². The third-order valence-corrected chi connectivity index (χ3v) is 8.84. The number of nitrogens with zero attached hydrogens (tertiary/aromatic N) is 5. The summed E-state index contributed by atoms with van der Waals surface area (Å²) in [5, 5.41) is 9.52. The summed E-state index contributed by atoms with van der Waals surface area (Å²) in [5.74, 6) is 0.850. The van der Waals surface area contributed by atoms with Gasteiger partial charge in [0.05, 0.1) is 27.6 Å². The lowest BCUT2D eigenvalue weighted by Crippen LogP contribution is -2.00. The van der Waals surface area contributed by atoms with Crippen molar-refractivity contribution in [2.24, 2.45) is 0 Å². The number of fused-ring (bicyclic) bond motifs is 13. The zero-order valence-electron chi connectivity index (χ0n) is 22.2. The van der Waals surface area contributed by atoms with Gasteiger partial charge in [0.1, 0.15) is 5.52 Å². The molecule has 0 aliphatic carbocycles. The van der Waals surface area contributed by atoms with Crippen LogP contribution in [0.5, 0.6) is 0 Å². The van der Waals surface area contributed by atoms with Gasteiger partial charge < -0.3 is 13.8 Å². The molecule has 0 unspecified atom stereocenters. The van der Waals surface area contributed by atoms with Crippen LogP contribution in [0.15, 0.2) is 115 Å². The summed E-state index contributed by atoms with van der Waals surface area (Å²) < 4.78 is 4.62. The highest BCUT2D eigenvalue weighted by Crippen LogP contribution is 2.48. The first-order valence-electron chi connectivity index (χ1n) is 14.0. The normalized spacial score (nSPS) is 12.3. The lowest BCUT2D eigenvalue weighted by Gasteiger charge is -2.10. The van der Waals surface area contributed by atoms with Crippen molar-refractivity contribution >= 4 is 87.5 Å². The summed E-state index contributed by atoms with van der Waals surface area (Å²) in [7, 11) is 0. The van der Waals surface area contributed by atoms with Gasteiger partial charge in [-0.2, -0.15) is 0 Å². The summed E-state index contributed by atoms with van der Waals surface area (Å²) in [5.41, 5.74) is 7.14. The number of rotatable bonds is 1. The van der Waals surface area contributed by atoms with Crippen LogP contribution >= 0.6 is 0 Å². The van der Waals surface area contributed by atoms with E-state index in [1.807, 2.05) is 24.3 Å². The number of hydrogen-bond acceptors (Lipinski definition) is 2. The SMILES string of the molecule is [C-]#[N+]c1nc2ccccc2nc1-n1c2ccccc2c2cc3c4ccccc4n4c5c6ccccc6ccc5c(c21)c34. The highest BCUT2D eigenvalue weighted by atomic mass is 15.1. The number of para-hydroxylation sites is 4. The highest BCUT2D eigenvalue weighted by molar-refractivity contribution is 6.36. The van der Waals surface area contributed by atoms with Gasteiger partial charge in [0.15, 0.2) is 11.3 Å². The summed E-state index contributed by atoms with van der Waals surface area (Å²) in [6, 6.07) is 40.3. The topological polar surface area (TPSA) is 39.5 Å². The summed E-state index contributed by atoms with van der Waals surface area (Å²) >= 11 is 0. The molecule has 4 heterocycles. The molecular weight excluding hydrogens is 514 g/mol. The molecule has 0 fully saturated rings. The average molecular weight is 534 g/mol. The van der Waals surface area contributed by atoms with Crippen molar-refractivity contribution in [1.29, 1.82) is 0 Å². The molecule has 0 saturated carbocycles. The van der Waals surface area contributed by atoms with Crippen molar-refractivity contribution in [1.82, 2.24) is 18.9 Å². The minimum absolute atomic E-state index is 0.293. The Morgan fingerprint density at radius 3 is 1.98 bits per heavy atom. The Kier molecular flexibility index (Phi) is 3.94. The molecule has 0 aliphatic rings. The first kappa shape index (κ1) is 21.8. The van der Waals surface area contributed by atoms with Gasteiger partial charge in [0.25, 0.3) is 0 Å². The fourth-order valence-corrected chi connectivity index (χ4v) is 7.18. The quantitative estimate of drug-likeness (QED) is 0.197. The maximum absolute atomic E-state index is 8.10. The van der Waals surface area contributed by atoms with Crippen molar-refractivity contribution in [3.8, 4) is 5.82 Å². The number of aromatic nitrogens is 4. The van der Waals surface area contributed by atoms with E-state index in [9.17, 15) is 0 Å². The fourth-order valence-electron chi connectivity index (χ4n) is 7.18. The zero-order valence-corrected chi connectivity index (χ0v) is 22.2. The molecule has 4 aromatic heterocycles. The Hall–Kier alpha value is -5.99.